The summed E-state index contributed by atoms with van der Waals surface area (Å²) in [7, 11) is 5.99. The second kappa shape index (κ2) is 10.0. The molecule has 4 rings (SSSR count). The topological polar surface area (TPSA) is 37.8 Å². The highest BCUT2D eigenvalue weighted by Crippen LogP contribution is 2.27. The van der Waals surface area contributed by atoms with Gasteiger partial charge in [-0.1, -0.05) is 18.2 Å². The van der Waals surface area contributed by atoms with Crippen molar-refractivity contribution in [2.45, 2.75) is 38.1 Å². The number of hydrogen-bond acceptors (Lipinski definition) is 5. The number of aromatic nitrogens is 1. The number of benzene rings is 1. The van der Waals surface area contributed by atoms with E-state index >= 15 is 0 Å². The molecule has 2 fully saturated rings. The van der Waals surface area contributed by atoms with Gasteiger partial charge in [0.1, 0.15) is 18.1 Å². The van der Waals surface area contributed by atoms with Gasteiger partial charge in [0.15, 0.2) is 7.98 Å². The molecule has 0 unspecified atom stereocenters. The minimum Gasteiger partial charge on any atom is -0.494 e. The maximum absolute atomic E-state index is 5.99. The van der Waals surface area contributed by atoms with E-state index in [0.717, 1.165) is 68.6 Å². The molecule has 0 amide bonds. The van der Waals surface area contributed by atoms with Crippen molar-refractivity contribution in [2.24, 2.45) is 5.92 Å². The Labute approximate surface area is 175 Å². The largest absolute Gasteiger partial charge is 0.494 e. The van der Waals surface area contributed by atoms with E-state index in [0.29, 0.717) is 12.6 Å². The van der Waals surface area contributed by atoms with Crippen molar-refractivity contribution in [3.63, 3.8) is 0 Å². The predicted octanol–water partition coefficient (Wildman–Crippen LogP) is 3.69. The van der Waals surface area contributed by atoms with Crippen LogP contribution in [0, 0.1) is 5.92 Å². The van der Waals surface area contributed by atoms with Gasteiger partial charge in [0.25, 0.3) is 0 Å². The summed E-state index contributed by atoms with van der Waals surface area (Å²) >= 11 is 0. The van der Waals surface area contributed by atoms with Crippen molar-refractivity contribution >= 4 is 13.7 Å². The van der Waals surface area contributed by atoms with Crippen LogP contribution in [0.3, 0.4) is 0 Å². The molecule has 5 nitrogen and oxygen atoms in total. The van der Waals surface area contributed by atoms with Crippen molar-refractivity contribution < 1.29 is 9.47 Å². The number of ether oxygens (including phenoxy) is 2. The lowest BCUT2D eigenvalue weighted by Crippen LogP contribution is -2.34. The van der Waals surface area contributed by atoms with E-state index in [-0.39, 0.29) is 0 Å². The SMILES string of the molecule is [B]N1CCC[C@H]1COc1cncc(N2CCC(CCOc3ccccc3)CC2)c1. The first-order valence-corrected chi connectivity index (χ1v) is 10.8. The number of pyridine rings is 1. The fraction of sp³-hybridized carbons (Fsp3) is 0.522. The summed E-state index contributed by atoms with van der Waals surface area (Å²) in [5.41, 5.74) is 1.15. The molecule has 29 heavy (non-hydrogen) atoms. The van der Waals surface area contributed by atoms with Crippen LogP contribution in [0.25, 0.3) is 0 Å². The number of para-hydroxylation sites is 1. The Balaban J connectivity index is 1.21. The monoisotopic (exact) mass is 391 g/mol. The Hall–Kier alpha value is -2.21. The van der Waals surface area contributed by atoms with Gasteiger partial charge in [-0.25, -0.2) is 0 Å². The minimum absolute atomic E-state index is 0.313. The molecule has 1 atom stereocenters. The van der Waals surface area contributed by atoms with Gasteiger partial charge in [0, 0.05) is 25.2 Å². The van der Waals surface area contributed by atoms with Crippen molar-refractivity contribution in [1.29, 1.82) is 0 Å². The van der Waals surface area contributed by atoms with E-state index in [1.807, 2.05) is 41.3 Å². The van der Waals surface area contributed by atoms with Gasteiger partial charge in [-0.3, -0.25) is 4.98 Å². The third-order valence-electron chi connectivity index (χ3n) is 6.08. The number of rotatable bonds is 8. The Bertz CT molecular complexity index is 753. The van der Waals surface area contributed by atoms with Gasteiger partial charge in [0.05, 0.1) is 24.7 Å². The van der Waals surface area contributed by atoms with Crippen molar-refractivity contribution in [3.05, 3.63) is 48.8 Å². The highest BCUT2D eigenvalue weighted by molar-refractivity contribution is 6.04. The van der Waals surface area contributed by atoms with E-state index in [1.165, 1.54) is 12.8 Å². The first kappa shape index (κ1) is 20.1. The third kappa shape index (κ3) is 5.66. The Morgan fingerprint density at radius 1 is 0.966 bits per heavy atom. The molecular weight excluding hydrogens is 361 g/mol. The van der Waals surface area contributed by atoms with E-state index in [1.54, 1.807) is 6.20 Å². The molecule has 2 saturated heterocycles. The van der Waals surface area contributed by atoms with Crippen LogP contribution >= 0.6 is 0 Å². The average molecular weight is 391 g/mol. The molecule has 1 aromatic carbocycles. The van der Waals surface area contributed by atoms with Gasteiger partial charge in [-0.15, -0.1) is 0 Å². The van der Waals surface area contributed by atoms with Crippen molar-refractivity contribution in [3.8, 4) is 11.5 Å². The molecule has 2 aromatic rings. The summed E-state index contributed by atoms with van der Waals surface area (Å²) in [6, 6.07) is 12.5. The molecule has 0 spiro atoms. The summed E-state index contributed by atoms with van der Waals surface area (Å²) in [6.45, 7) is 4.49. The lowest BCUT2D eigenvalue weighted by Gasteiger charge is -2.33. The third-order valence-corrected chi connectivity index (χ3v) is 6.08. The highest BCUT2D eigenvalue weighted by atomic mass is 16.5. The van der Waals surface area contributed by atoms with Gasteiger partial charge < -0.3 is 19.2 Å². The normalized spacial score (nSPS) is 20.7. The fourth-order valence-electron chi connectivity index (χ4n) is 4.23. The Morgan fingerprint density at radius 2 is 1.79 bits per heavy atom. The van der Waals surface area contributed by atoms with Crippen LogP contribution in [0.4, 0.5) is 5.69 Å². The summed E-state index contributed by atoms with van der Waals surface area (Å²) in [6.07, 6.45) is 9.48. The lowest BCUT2D eigenvalue weighted by atomic mass is 9.94. The van der Waals surface area contributed by atoms with E-state index in [2.05, 4.69) is 16.0 Å². The summed E-state index contributed by atoms with van der Waals surface area (Å²) in [5, 5.41) is 0. The maximum Gasteiger partial charge on any atom is 0.183 e. The van der Waals surface area contributed by atoms with Crippen LogP contribution < -0.4 is 14.4 Å². The van der Waals surface area contributed by atoms with Crippen LogP contribution in [0.15, 0.2) is 48.8 Å². The highest BCUT2D eigenvalue weighted by Gasteiger charge is 2.22. The van der Waals surface area contributed by atoms with Gasteiger partial charge >= 0.3 is 0 Å². The quantitative estimate of drug-likeness (QED) is 0.642. The van der Waals surface area contributed by atoms with Gasteiger partial charge in [0.2, 0.25) is 0 Å². The van der Waals surface area contributed by atoms with E-state index < -0.39 is 0 Å². The molecule has 0 saturated carbocycles. The van der Waals surface area contributed by atoms with Crippen molar-refractivity contribution in [2.75, 3.05) is 37.7 Å². The Morgan fingerprint density at radius 3 is 2.55 bits per heavy atom. The molecule has 2 radical (unpaired) electrons. The second-order valence-electron chi connectivity index (χ2n) is 8.10. The molecule has 152 valence electrons. The zero-order valence-electron chi connectivity index (χ0n) is 17.1. The molecule has 2 aliphatic heterocycles. The molecule has 2 aliphatic rings. The van der Waals surface area contributed by atoms with E-state index in [4.69, 9.17) is 17.5 Å². The molecule has 3 heterocycles. The first-order valence-electron chi connectivity index (χ1n) is 10.8. The minimum atomic E-state index is 0.313. The summed E-state index contributed by atoms with van der Waals surface area (Å²) in [5.74, 6) is 2.52. The molecule has 0 N–H and O–H groups in total. The number of hydrogen-bond donors (Lipinski definition) is 0. The number of anilines is 1. The number of nitrogens with zero attached hydrogens (tertiary/aromatic N) is 3. The standard InChI is InChI=1S/C23H30BN3O2/c24-27-11-4-5-20(27)18-29-23-15-21(16-25-17-23)26-12-8-19(9-13-26)10-14-28-22-6-2-1-3-7-22/h1-3,6-7,15-17,19-20H,4-5,8-14,18H2/t20-/m0/s1. The zero-order chi connectivity index (χ0) is 19.9. The van der Waals surface area contributed by atoms with Crippen LogP contribution in [-0.4, -0.2) is 56.7 Å². The molecule has 6 heteroatoms. The predicted molar refractivity (Wildman–Crippen MR) is 117 cm³/mol. The molecular formula is C23H30BN3O2. The molecule has 1 aromatic heterocycles. The second-order valence-corrected chi connectivity index (χ2v) is 8.10. The number of piperidine rings is 1. The molecule has 0 aliphatic carbocycles. The summed E-state index contributed by atoms with van der Waals surface area (Å²) in [4.78, 5) is 8.70. The lowest BCUT2D eigenvalue weighted by molar-refractivity contribution is 0.235. The zero-order valence-corrected chi connectivity index (χ0v) is 17.1. The van der Waals surface area contributed by atoms with Crippen LogP contribution in [0.5, 0.6) is 11.5 Å². The van der Waals surface area contributed by atoms with Gasteiger partial charge in [-0.2, -0.15) is 0 Å². The average Bonchev–Trinajstić information content (AvgIpc) is 3.18. The van der Waals surface area contributed by atoms with Crippen LogP contribution in [0.1, 0.15) is 32.1 Å². The molecule has 0 bridgehead atoms. The summed E-state index contributed by atoms with van der Waals surface area (Å²) < 4.78 is 11.8. The first-order chi connectivity index (χ1) is 14.3. The van der Waals surface area contributed by atoms with Crippen molar-refractivity contribution in [1.82, 2.24) is 9.79 Å². The van der Waals surface area contributed by atoms with E-state index in [9.17, 15) is 0 Å². The fourth-order valence-corrected chi connectivity index (χ4v) is 4.23. The van der Waals surface area contributed by atoms with Crippen LogP contribution in [-0.2, 0) is 0 Å². The maximum atomic E-state index is 5.99. The van der Waals surface area contributed by atoms with Crippen LogP contribution in [0.2, 0.25) is 0 Å². The Kier molecular flexibility index (Phi) is 6.93. The van der Waals surface area contributed by atoms with Gasteiger partial charge in [-0.05, 0) is 56.7 Å². The smallest absolute Gasteiger partial charge is 0.183 e.